The first-order valence-corrected chi connectivity index (χ1v) is 9.00. The van der Waals surface area contributed by atoms with Gasteiger partial charge in [0.15, 0.2) is 0 Å². The second kappa shape index (κ2) is 6.57. The standard InChI is InChI=1S/C21H21ClN2O/c1-13-12-18(17-4-3-5-19(25-2)21(17)23-13)24-20(14-6-7-14)15-8-10-16(22)11-9-15/h3-5,8-12,14,20H,6-7H2,1-2H3,(H,23,24). The second-order valence-corrected chi connectivity index (χ2v) is 7.12. The fraction of sp³-hybridized carbons (Fsp3) is 0.286. The fourth-order valence-electron chi connectivity index (χ4n) is 3.37. The molecule has 25 heavy (non-hydrogen) atoms. The van der Waals surface area contributed by atoms with Crippen molar-refractivity contribution in [2.24, 2.45) is 5.92 Å². The molecule has 3 nitrogen and oxygen atoms in total. The quantitative estimate of drug-likeness (QED) is 0.633. The number of pyridine rings is 1. The molecule has 0 amide bonds. The molecule has 1 aliphatic carbocycles. The summed E-state index contributed by atoms with van der Waals surface area (Å²) in [7, 11) is 1.69. The maximum Gasteiger partial charge on any atom is 0.145 e. The van der Waals surface area contributed by atoms with Gasteiger partial charge in [-0.1, -0.05) is 35.9 Å². The summed E-state index contributed by atoms with van der Waals surface area (Å²) in [6.45, 7) is 2.02. The second-order valence-electron chi connectivity index (χ2n) is 6.68. The monoisotopic (exact) mass is 352 g/mol. The summed E-state index contributed by atoms with van der Waals surface area (Å²) in [5.74, 6) is 1.47. The van der Waals surface area contributed by atoms with Gasteiger partial charge in [0.2, 0.25) is 0 Å². The van der Waals surface area contributed by atoms with E-state index in [1.807, 2.05) is 31.2 Å². The van der Waals surface area contributed by atoms with E-state index in [1.54, 1.807) is 7.11 Å². The van der Waals surface area contributed by atoms with Crippen LogP contribution in [-0.2, 0) is 0 Å². The first-order chi connectivity index (χ1) is 12.2. The largest absolute Gasteiger partial charge is 0.494 e. The molecule has 1 saturated carbocycles. The zero-order valence-electron chi connectivity index (χ0n) is 14.4. The van der Waals surface area contributed by atoms with E-state index in [0.29, 0.717) is 5.92 Å². The van der Waals surface area contributed by atoms with Gasteiger partial charge in [-0.15, -0.1) is 0 Å². The number of methoxy groups -OCH3 is 1. The van der Waals surface area contributed by atoms with Crippen molar-refractivity contribution in [2.75, 3.05) is 12.4 Å². The summed E-state index contributed by atoms with van der Waals surface area (Å²) >= 11 is 6.06. The third-order valence-corrected chi connectivity index (χ3v) is 5.04. The number of para-hydroxylation sites is 1. The maximum absolute atomic E-state index is 6.06. The van der Waals surface area contributed by atoms with Crippen LogP contribution in [0.3, 0.4) is 0 Å². The zero-order chi connectivity index (χ0) is 17.4. The van der Waals surface area contributed by atoms with Crippen molar-refractivity contribution >= 4 is 28.2 Å². The molecule has 0 radical (unpaired) electrons. The van der Waals surface area contributed by atoms with E-state index < -0.39 is 0 Å². The topological polar surface area (TPSA) is 34.1 Å². The predicted octanol–water partition coefficient (Wildman–Crippen LogP) is 5.77. The summed E-state index contributed by atoms with van der Waals surface area (Å²) < 4.78 is 5.50. The Morgan fingerprint density at radius 3 is 2.60 bits per heavy atom. The third kappa shape index (κ3) is 3.29. The number of ether oxygens (including phenoxy) is 1. The first-order valence-electron chi connectivity index (χ1n) is 8.62. The molecule has 0 saturated heterocycles. The predicted molar refractivity (Wildman–Crippen MR) is 104 cm³/mol. The number of hydrogen-bond acceptors (Lipinski definition) is 3. The van der Waals surface area contributed by atoms with Crippen molar-refractivity contribution in [1.29, 1.82) is 0 Å². The van der Waals surface area contributed by atoms with Crippen LogP contribution in [0.2, 0.25) is 5.02 Å². The van der Waals surface area contributed by atoms with Crippen LogP contribution in [0.1, 0.15) is 30.1 Å². The van der Waals surface area contributed by atoms with Gasteiger partial charge in [0, 0.05) is 21.8 Å². The summed E-state index contributed by atoms with van der Waals surface area (Å²) in [5.41, 5.74) is 4.26. The lowest BCUT2D eigenvalue weighted by Crippen LogP contribution is -2.13. The Morgan fingerprint density at radius 1 is 1.16 bits per heavy atom. The molecule has 0 spiro atoms. The van der Waals surface area contributed by atoms with Crippen molar-refractivity contribution in [3.05, 3.63) is 64.8 Å². The first kappa shape index (κ1) is 16.2. The van der Waals surface area contributed by atoms with E-state index in [1.165, 1.54) is 18.4 Å². The van der Waals surface area contributed by atoms with Crippen molar-refractivity contribution in [1.82, 2.24) is 4.98 Å². The SMILES string of the molecule is COc1cccc2c(NC(c3ccc(Cl)cc3)C3CC3)cc(C)nc12. The Morgan fingerprint density at radius 2 is 1.92 bits per heavy atom. The highest BCUT2D eigenvalue weighted by Gasteiger charge is 2.32. The molecule has 1 aromatic heterocycles. The number of nitrogens with one attached hydrogen (secondary N) is 1. The summed E-state index contributed by atoms with van der Waals surface area (Å²) in [6, 6.07) is 16.6. The van der Waals surface area contributed by atoms with Crippen LogP contribution in [0.15, 0.2) is 48.5 Å². The Hall–Kier alpha value is -2.26. The molecule has 1 atom stereocenters. The molecular formula is C21H21ClN2O. The highest BCUT2D eigenvalue weighted by molar-refractivity contribution is 6.30. The highest BCUT2D eigenvalue weighted by atomic mass is 35.5. The van der Waals surface area contributed by atoms with Crippen LogP contribution in [0, 0.1) is 12.8 Å². The molecule has 1 fully saturated rings. The van der Waals surface area contributed by atoms with E-state index in [0.717, 1.165) is 33.1 Å². The van der Waals surface area contributed by atoms with Gasteiger partial charge < -0.3 is 10.1 Å². The van der Waals surface area contributed by atoms with Crippen molar-refractivity contribution in [2.45, 2.75) is 25.8 Å². The molecule has 0 aliphatic heterocycles. The molecule has 3 aromatic rings. The molecule has 4 rings (SSSR count). The fourth-order valence-corrected chi connectivity index (χ4v) is 3.50. The van der Waals surface area contributed by atoms with Crippen LogP contribution in [0.4, 0.5) is 5.69 Å². The lowest BCUT2D eigenvalue weighted by Gasteiger charge is -2.22. The van der Waals surface area contributed by atoms with Crippen LogP contribution >= 0.6 is 11.6 Å². The molecule has 1 aliphatic rings. The van der Waals surface area contributed by atoms with Gasteiger partial charge in [-0.2, -0.15) is 0 Å². The number of hydrogen-bond donors (Lipinski definition) is 1. The third-order valence-electron chi connectivity index (χ3n) is 4.78. The average molecular weight is 353 g/mol. The molecule has 1 N–H and O–H groups in total. The van der Waals surface area contributed by atoms with E-state index >= 15 is 0 Å². The number of anilines is 1. The lowest BCUT2D eigenvalue weighted by molar-refractivity contribution is 0.419. The number of aryl methyl sites for hydroxylation is 1. The maximum atomic E-state index is 6.06. The van der Waals surface area contributed by atoms with Crippen molar-refractivity contribution < 1.29 is 4.74 Å². The van der Waals surface area contributed by atoms with E-state index in [-0.39, 0.29) is 6.04 Å². The minimum atomic E-state index is 0.286. The van der Waals surface area contributed by atoms with E-state index in [9.17, 15) is 0 Å². The smallest absolute Gasteiger partial charge is 0.145 e. The number of halogens is 1. The average Bonchev–Trinajstić information content (AvgIpc) is 3.45. The number of rotatable bonds is 5. The Kier molecular flexibility index (Phi) is 4.26. The van der Waals surface area contributed by atoms with Gasteiger partial charge in [-0.3, -0.25) is 0 Å². The van der Waals surface area contributed by atoms with E-state index in [2.05, 4.69) is 34.6 Å². The van der Waals surface area contributed by atoms with Gasteiger partial charge in [0.1, 0.15) is 11.3 Å². The summed E-state index contributed by atoms with van der Waals surface area (Å²) in [5, 5.41) is 5.63. The zero-order valence-corrected chi connectivity index (χ0v) is 15.2. The Bertz CT molecular complexity index is 904. The van der Waals surface area contributed by atoms with Crippen molar-refractivity contribution in [3.8, 4) is 5.75 Å². The van der Waals surface area contributed by atoms with Crippen LogP contribution in [0.5, 0.6) is 5.75 Å². The van der Waals surface area contributed by atoms with Gasteiger partial charge >= 0.3 is 0 Å². The van der Waals surface area contributed by atoms with Gasteiger partial charge in [-0.05, 0) is 55.5 Å². The number of benzene rings is 2. The van der Waals surface area contributed by atoms with Gasteiger partial charge in [-0.25, -0.2) is 4.98 Å². The number of nitrogens with zero attached hydrogens (tertiary/aromatic N) is 1. The minimum Gasteiger partial charge on any atom is -0.494 e. The van der Waals surface area contributed by atoms with Crippen LogP contribution in [-0.4, -0.2) is 12.1 Å². The van der Waals surface area contributed by atoms with Gasteiger partial charge in [0.05, 0.1) is 13.2 Å². The molecule has 4 heteroatoms. The molecule has 128 valence electrons. The van der Waals surface area contributed by atoms with Crippen LogP contribution < -0.4 is 10.1 Å². The molecule has 0 bridgehead atoms. The minimum absolute atomic E-state index is 0.286. The summed E-state index contributed by atoms with van der Waals surface area (Å²) in [4.78, 5) is 4.68. The number of aromatic nitrogens is 1. The Balaban J connectivity index is 1.77. The van der Waals surface area contributed by atoms with Crippen LogP contribution in [0.25, 0.3) is 10.9 Å². The Labute approximate surface area is 153 Å². The highest BCUT2D eigenvalue weighted by Crippen LogP contribution is 2.44. The van der Waals surface area contributed by atoms with E-state index in [4.69, 9.17) is 16.3 Å². The molecule has 2 aromatic carbocycles. The summed E-state index contributed by atoms with van der Waals surface area (Å²) in [6.07, 6.45) is 2.51. The molecule has 1 unspecified atom stereocenters. The number of fused-ring (bicyclic) bond motifs is 1. The van der Waals surface area contributed by atoms with Crippen molar-refractivity contribution in [3.63, 3.8) is 0 Å². The van der Waals surface area contributed by atoms with Gasteiger partial charge in [0.25, 0.3) is 0 Å². The molecule has 1 heterocycles. The lowest BCUT2D eigenvalue weighted by atomic mass is 10.0. The normalized spacial score (nSPS) is 15.2. The molecular weight excluding hydrogens is 332 g/mol.